The first-order valence-corrected chi connectivity index (χ1v) is 5.76. The molecule has 0 spiro atoms. The summed E-state index contributed by atoms with van der Waals surface area (Å²) < 4.78 is 4.88. The number of nitrogens with zero attached hydrogens (tertiary/aromatic N) is 2. The van der Waals surface area contributed by atoms with Gasteiger partial charge in [-0.15, -0.1) is 0 Å². The van der Waals surface area contributed by atoms with E-state index >= 15 is 0 Å². The number of hydrogen-bond acceptors (Lipinski definition) is 4. The van der Waals surface area contributed by atoms with Crippen LogP contribution in [0.4, 0.5) is 5.69 Å². The first kappa shape index (κ1) is 12.3. The Bertz CT molecular complexity index is 496. The summed E-state index contributed by atoms with van der Waals surface area (Å²) in [6.45, 7) is 3.61. The van der Waals surface area contributed by atoms with Crippen molar-refractivity contribution in [1.29, 1.82) is 0 Å². The quantitative estimate of drug-likeness (QED) is 0.601. The monoisotopic (exact) mass is 246 g/mol. The van der Waals surface area contributed by atoms with Gasteiger partial charge in [0.15, 0.2) is 5.92 Å². The number of carbonyl (C=O) groups is 2. The van der Waals surface area contributed by atoms with Crippen molar-refractivity contribution < 1.29 is 14.3 Å². The molecular formula is C13H14N2O3. The molecule has 2 rings (SSSR count). The van der Waals surface area contributed by atoms with Crippen LogP contribution in [0.25, 0.3) is 0 Å². The summed E-state index contributed by atoms with van der Waals surface area (Å²) >= 11 is 0. The lowest BCUT2D eigenvalue weighted by Crippen LogP contribution is -2.33. The minimum Gasteiger partial charge on any atom is -0.465 e. The fourth-order valence-corrected chi connectivity index (χ4v) is 1.82. The number of hydrazone groups is 1. The van der Waals surface area contributed by atoms with E-state index in [-0.39, 0.29) is 12.5 Å². The number of amides is 1. The molecule has 1 aromatic carbocycles. The number of esters is 1. The van der Waals surface area contributed by atoms with E-state index in [4.69, 9.17) is 4.74 Å². The summed E-state index contributed by atoms with van der Waals surface area (Å²) in [6.07, 6.45) is 0. The van der Waals surface area contributed by atoms with Gasteiger partial charge < -0.3 is 4.74 Å². The molecule has 1 atom stereocenters. The van der Waals surface area contributed by atoms with Crippen LogP contribution >= 0.6 is 0 Å². The lowest BCUT2D eigenvalue weighted by molar-refractivity contribution is -0.148. The van der Waals surface area contributed by atoms with E-state index in [1.54, 1.807) is 26.0 Å². The summed E-state index contributed by atoms with van der Waals surface area (Å²) in [5.41, 5.74) is 1.11. The Hall–Kier alpha value is -2.17. The normalized spacial score (nSPS) is 18.8. The molecule has 0 aromatic heterocycles. The molecule has 0 bridgehead atoms. The highest BCUT2D eigenvalue weighted by Gasteiger charge is 2.40. The Kier molecular flexibility index (Phi) is 3.41. The van der Waals surface area contributed by atoms with Gasteiger partial charge in [-0.3, -0.25) is 9.59 Å². The van der Waals surface area contributed by atoms with Crippen LogP contribution < -0.4 is 5.01 Å². The van der Waals surface area contributed by atoms with Gasteiger partial charge in [0.05, 0.1) is 18.0 Å². The van der Waals surface area contributed by atoms with Crippen LogP contribution in [0, 0.1) is 5.92 Å². The minimum absolute atomic E-state index is 0.251. The second-order valence-electron chi connectivity index (χ2n) is 3.91. The van der Waals surface area contributed by atoms with Crippen molar-refractivity contribution in [1.82, 2.24) is 0 Å². The van der Waals surface area contributed by atoms with E-state index in [1.807, 2.05) is 18.2 Å². The van der Waals surface area contributed by atoms with Crippen LogP contribution in [0.5, 0.6) is 0 Å². The molecular weight excluding hydrogens is 232 g/mol. The summed E-state index contributed by atoms with van der Waals surface area (Å²) in [5, 5.41) is 5.37. The molecule has 0 saturated heterocycles. The van der Waals surface area contributed by atoms with Gasteiger partial charge in [-0.2, -0.15) is 10.1 Å². The van der Waals surface area contributed by atoms with E-state index < -0.39 is 11.9 Å². The second-order valence-corrected chi connectivity index (χ2v) is 3.91. The van der Waals surface area contributed by atoms with E-state index in [1.165, 1.54) is 5.01 Å². The highest BCUT2D eigenvalue weighted by atomic mass is 16.5. The smallest absolute Gasteiger partial charge is 0.324 e. The van der Waals surface area contributed by atoms with Crippen LogP contribution in [0.2, 0.25) is 0 Å². The van der Waals surface area contributed by atoms with E-state index in [0.717, 1.165) is 0 Å². The molecule has 1 unspecified atom stereocenters. The molecule has 0 fully saturated rings. The lowest BCUT2D eigenvalue weighted by atomic mass is 10.1. The molecule has 0 aliphatic carbocycles. The number of benzene rings is 1. The van der Waals surface area contributed by atoms with Gasteiger partial charge >= 0.3 is 5.97 Å². The van der Waals surface area contributed by atoms with Gasteiger partial charge in [0.1, 0.15) is 0 Å². The summed E-state index contributed by atoms with van der Waals surface area (Å²) in [7, 11) is 0. The van der Waals surface area contributed by atoms with Gasteiger partial charge in [-0.05, 0) is 26.0 Å². The Balaban J connectivity index is 2.24. The maximum atomic E-state index is 12.1. The Labute approximate surface area is 105 Å². The van der Waals surface area contributed by atoms with Crippen molar-refractivity contribution >= 4 is 23.3 Å². The molecule has 1 aliphatic rings. The van der Waals surface area contributed by atoms with E-state index in [9.17, 15) is 9.59 Å². The zero-order chi connectivity index (χ0) is 13.1. The molecule has 5 nitrogen and oxygen atoms in total. The van der Waals surface area contributed by atoms with E-state index in [2.05, 4.69) is 5.10 Å². The molecule has 0 N–H and O–H groups in total. The molecule has 1 aromatic rings. The van der Waals surface area contributed by atoms with Crippen LogP contribution in [0.1, 0.15) is 13.8 Å². The van der Waals surface area contributed by atoms with Crippen LogP contribution in [-0.2, 0) is 14.3 Å². The SMILES string of the molecule is CCOC(=O)C1C(=O)N(c2ccccc2)N=C1C. The maximum Gasteiger partial charge on any atom is 0.324 e. The predicted molar refractivity (Wildman–Crippen MR) is 67.2 cm³/mol. The number of anilines is 1. The third-order valence-corrected chi connectivity index (χ3v) is 2.65. The van der Waals surface area contributed by atoms with Crippen molar-refractivity contribution in [2.75, 3.05) is 11.6 Å². The molecule has 0 radical (unpaired) electrons. The minimum atomic E-state index is -0.912. The zero-order valence-electron chi connectivity index (χ0n) is 10.3. The topological polar surface area (TPSA) is 59.0 Å². The van der Waals surface area contributed by atoms with Crippen molar-refractivity contribution in [3.05, 3.63) is 30.3 Å². The summed E-state index contributed by atoms with van der Waals surface area (Å²) in [4.78, 5) is 23.8. The van der Waals surface area contributed by atoms with Crippen molar-refractivity contribution in [3.8, 4) is 0 Å². The molecule has 18 heavy (non-hydrogen) atoms. The lowest BCUT2D eigenvalue weighted by Gasteiger charge is -2.13. The maximum absolute atomic E-state index is 12.1. The van der Waals surface area contributed by atoms with Crippen molar-refractivity contribution in [2.24, 2.45) is 11.0 Å². The fraction of sp³-hybridized carbons (Fsp3) is 0.308. The Morgan fingerprint density at radius 2 is 2.06 bits per heavy atom. The largest absolute Gasteiger partial charge is 0.465 e. The van der Waals surface area contributed by atoms with Gasteiger partial charge in [-0.25, -0.2) is 0 Å². The third kappa shape index (κ3) is 2.11. The highest BCUT2D eigenvalue weighted by molar-refractivity contribution is 6.25. The molecule has 5 heteroatoms. The van der Waals surface area contributed by atoms with Gasteiger partial charge in [-0.1, -0.05) is 18.2 Å². The fourth-order valence-electron chi connectivity index (χ4n) is 1.82. The van der Waals surface area contributed by atoms with Gasteiger partial charge in [0.2, 0.25) is 0 Å². The number of para-hydroxylation sites is 1. The summed E-state index contributed by atoms with van der Waals surface area (Å²) in [6, 6.07) is 9.00. The molecule has 1 heterocycles. The first-order valence-electron chi connectivity index (χ1n) is 5.76. The Morgan fingerprint density at radius 3 is 2.67 bits per heavy atom. The molecule has 1 amide bonds. The third-order valence-electron chi connectivity index (χ3n) is 2.65. The van der Waals surface area contributed by atoms with Crippen LogP contribution in [0.3, 0.4) is 0 Å². The average molecular weight is 246 g/mol. The van der Waals surface area contributed by atoms with Gasteiger partial charge in [0, 0.05) is 0 Å². The average Bonchev–Trinajstić information content (AvgIpc) is 2.66. The summed E-state index contributed by atoms with van der Waals surface area (Å²) in [5.74, 6) is -1.82. The first-order chi connectivity index (χ1) is 8.65. The number of ether oxygens (including phenoxy) is 1. The van der Waals surface area contributed by atoms with Crippen molar-refractivity contribution in [3.63, 3.8) is 0 Å². The number of carbonyl (C=O) groups excluding carboxylic acids is 2. The molecule has 1 aliphatic heterocycles. The molecule has 94 valence electrons. The van der Waals surface area contributed by atoms with E-state index in [0.29, 0.717) is 11.4 Å². The van der Waals surface area contributed by atoms with Crippen LogP contribution in [-0.4, -0.2) is 24.2 Å². The van der Waals surface area contributed by atoms with Crippen molar-refractivity contribution in [2.45, 2.75) is 13.8 Å². The standard InChI is InChI=1S/C13H14N2O3/c1-3-18-13(17)11-9(2)14-15(12(11)16)10-7-5-4-6-8-10/h4-8,11H,3H2,1-2H3. The number of rotatable bonds is 3. The zero-order valence-corrected chi connectivity index (χ0v) is 10.3. The Morgan fingerprint density at radius 1 is 1.39 bits per heavy atom. The number of hydrogen-bond donors (Lipinski definition) is 0. The van der Waals surface area contributed by atoms with Crippen LogP contribution in [0.15, 0.2) is 35.4 Å². The highest BCUT2D eigenvalue weighted by Crippen LogP contribution is 2.24. The predicted octanol–water partition coefficient (Wildman–Crippen LogP) is 1.59. The van der Waals surface area contributed by atoms with Gasteiger partial charge in [0.25, 0.3) is 5.91 Å². The molecule has 0 saturated carbocycles. The second kappa shape index (κ2) is 5.00.